The molecule has 1 aromatic carbocycles. The Bertz CT molecular complexity index is 1660. The Labute approximate surface area is 236 Å². The van der Waals surface area contributed by atoms with Crippen LogP contribution in [0.25, 0.3) is 22.6 Å². The van der Waals surface area contributed by atoms with Crippen molar-refractivity contribution in [1.82, 2.24) is 34.8 Å². The van der Waals surface area contributed by atoms with Gasteiger partial charge in [-0.2, -0.15) is 14.6 Å². The Morgan fingerprint density at radius 3 is 2.85 bits per heavy atom. The molecular formula is C30H31FN8O2. The molecule has 3 aliphatic rings. The summed E-state index contributed by atoms with van der Waals surface area (Å²) < 4.78 is 21.2. The molecule has 0 saturated carbocycles. The lowest BCUT2D eigenvalue weighted by Gasteiger charge is -2.28. The number of nitrogens with zero attached hydrogens (tertiary/aromatic N) is 6. The Balaban J connectivity index is 1.21. The highest BCUT2D eigenvalue weighted by Gasteiger charge is 2.29. The molecular weight excluding hydrogens is 523 g/mol. The van der Waals surface area contributed by atoms with E-state index in [1.807, 2.05) is 6.92 Å². The SMILES string of the molecule is C[C@@H](NC(=O)N1CCOCC1)c1cnn2c(N[C@@H]3CCC4=C(C3)c3ccccc3C4)nc(-c3cncc(F)c3)nc12. The summed E-state index contributed by atoms with van der Waals surface area (Å²) in [5, 5.41) is 11.3. The summed E-state index contributed by atoms with van der Waals surface area (Å²) in [4.78, 5) is 28.2. The fraction of sp³-hybridized carbons (Fsp3) is 0.367. The minimum Gasteiger partial charge on any atom is -0.378 e. The third-order valence-corrected chi connectivity index (χ3v) is 8.21. The molecule has 0 spiro atoms. The van der Waals surface area contributed by atoms with Gasteiger partial charge in [0.05, 0.1) is 31.6 Å². The van der Waals surface area contributed by atoms with Crippen LogP contribution in [0.15, 0.2) is 54.5 Å². The van der Waals surface area contributed by atoms with Crippen molar-refractivity contribution < 1.29 is 13.9 Å². The van der Waals surface area contributed by atoms with Gasteiger partial charge in [-0.3, -0.25) is 4.98 Å². The predicted octanol–water partition coefficient (Wildman–Crippen LogP) is 4.40. The maximum atomic E-state index is 14.1. The van der Waals surface area contributed by atoms with Crippen molar-refractivity contribution in [3.8, 4) is 11.4 Å². The van der Waals surface area contributed by atoms with E-state index in [4.69, 9.17) is 14.7 Å². The van der Waals surface area contributed by atoms with E-state index in [1.54, 1.807) is 21.8 Å². The molecule has 2 N–H and O–H groups in total. The molecule has 210 valence electrons. The first kappa shape index (κ1) is 25.6. The minimum absolute atomic E-state index is 0.141. The lowest BCUT2D eigenvalue weighted by atomic mass is 9.88. The molecule has 7 rings (SSSR count). The molecule has 11 heteroatoms. The maximum absolute atomic E-state index is 14.1. The Hall–Kier alpha value is -4.38. The van der Waals surface area contributed by atoms with Gasteiger partial charge in [-0.25, -0.2) is 14.2 Å². The number of pyridine rings is 1. The van der Waals surface area contributed by atoms with Gasteiger partial charge in [0.1, 0.15) is 5.82 Å². The highest BCUT2D eigenvalue weighted by molar-refractivity contribution is 5.78. The summed E-state index contributed by atoms with van der Waals surface area (Å²) in [6.45, 7) is 4.04. The molecule has 0 bridgehead atoms. The zero-order valence-corrected chi connectivity index (χ0v) is 22.8. The van der Waals surface area contributed by atoms with E-state index >= 15 is 0 Å². The van der Waals surface area contributed by atoms with Crippen LogP contribution in [0.4, 0.5) is 15.1 Å². The van der Waals surface area contributed by atoms with Gasteiger partial charge in [0.2, 0.25) is 5.95 Å². The number of benzene rings is 1. The molecule has 1 fully saturated rings. The van der Waals surface area contributed by atoms with Crippen molar-refractivity contribution in [3.05, 3.63) is 77.0 Å². The van der Waals surface area contributed by atoms with Gasteiger partial charge >= 0.3 is 6.03 Å². The zero-order valence-electron chi connectivity index (χ0n) is 22.8. The van der Waals surface area contributed by atoms with Gasteiger partial charge < -0.3 is 20.3 Å². The van der Waals surface area contributed by atoms with E-state index in [0.29, 0.717) is 49.3 Å². The molecule has 1 aliphatic heterocycles. The van der Waals surface area contributed by atoms with Crippen LogP contribution in [-0.4, -0.2) is 67.8 Å². The second-order valence-electron chi connectivity index (χ2n) is 10.9. The molecule has 10 nitrogen and oxygen atoms in total. The number of ether oxygens (including phenoxy) is 1. The van der Waals surface area contributed by atoms with E-state index in [9.17, 15) is 9.18 Å². The number of anilines is 1. The van der Waals surface area contributed by atoms with Gasteiger partial charge in [0, 0.05) is 36.5 Å². The van der Waals surface area contributed by atoms with Gasteiger partial charge in [-0.05, 0) is 55.4 Å². The summed E-state index contributed by atoms with van der Waals surface area (Å²) in [5.41, 5.74) is 7.43. The molecule has 0 unspecified atom stereocenters. The van der Waals surface area contributed by atoms with Crippen LogP contribution in [0.5, 0.6) is 0 Å². The number of nitrogens with one attached hydrogen (secondary N) is 2. The summed E-state index contributed by atoms with van der Waals surface area (Å²) in [6.07, 6.45) is 8.31. The first-order valence-corrected chi connectivity index (χ1v) is 14.1. The summed E-state index contributed by atoms with van der Waals surface area (Å²) >= 11 is 0. The first-order valence-electron chi connectivity index (χ1n) is 14.1. The lowest BCUT2D eigenvalue weighted by Crippen LogP contribution is -2.46. The largest absolute Gasteiger partial charge is 0.378 e. The van der Waals surface area contributed by atoms with Crippen molar-refractivity contribution in [3.63, 3.8) is 0 Å². The average molecular weight is 555 g/mol. The number of urea groups is 1. The molecule has 4 heterocycles. The van der Waals surface area contributed by atoms with Gasteiger partial charge in [-0.15, -0.1) is 0 Å². The van der Waals surface area contributed by atoms with Crippen LogP contribution in [0.3, 0.4) is 0 Å². The molecule has 41 heavy (non-hydrogen) atoms. The zero-order chi connectivity index (χ0) is 27.9. The highest BCUT2D eigenvalue weighted by atomic mass is 19.1. The van der Waals surface area contributed by atoms with Crippen molar-refractivity contribution in [2.24, 2.45) is 0 Å². The van der Waals surface area contributed by atoms with Crippen LogP contribution < -0.4 is 10.6 Å². The number of amides is 2. The minimum atomic E-state index is -0.466. The van der Waals surface area contributed by atoms with Crippen LogP contribution >= 0.6 is 0 Å². The molecule has 3 aromatic heterocycles. The monoisotopic (exact) mass is 554 g/mol. The lowest BCUT2D eigenvalue weighted by molar-refractivity contribution is 0.0526. The average Bonchev–Trinajstić information content (AvgIpc) is 3.59. The van der Waals surface area contributed by atoms with E-state index in [1.165, 1.54) is 28.3 Å². The van der Waals surface area contributed by atoms with Crippen LogP contribution in [0.1, 0.15) is 48.9 Å². The van der Waals surface area contributed by atoms with Crippen LogP contribution in [-0.2, 0) is 11.2 Å². The van der Waals surface area contributed by atoms with E-state index in [0.717, 1.165) is 37.4 Å². The van der Waals surface area contributed by atoms with Gasteiger partial charge in [-0.1, -0.05) is 29.8 Å². The van der Waals surface area contributed by atoms with E-state index in [-0.39, 0.29) is 18.1 Å². The second-order valence-corrected chi connectivity index (χ2v) is 10.9. The van der Waals surface area contributed by atoms with Gasteiger partial charge in [0.15, 0.2) is 11.5 Å². The molecule has 2 aliphatic carbocycles. The Morgan fingerprint density at radius 2 is 2.00 bits per heavy atom. The predicted molar refractivity (Wildman–Crippen MR) is 152 cm³/mol. The topological polar surface area (TPSA) is 110 Å². The molecule has 4 aromatic rings. The number of morpholine rings is 1. The normalized spacial score (nSPS) is 19.2. The fourth-order valence-corrected chi connectivity index (χ4v) is 6.07. The quantitative estimate of drug-likeness (QED) is 0.376. The summed E-state index contributed by atoms with van der Waals surface area (Å²) in [6, 6.07) is 9.61. The number of rotatable bonds is 5. The molecule has 2 amide bonds. The number of aromatic nitrogens is 5. The number of halogens is 1. The Morgan fingerprint density at radius 1 is 1.15 bits per heavy atom. The smallest absolute Gasteiger partial charge is 0.318 e. The van der Waals surface area contributed by atoms with Crippen LogP contribution in [0.2, 0.25) is 0 Å². The first-order chi connectivity index (χ1) is 20.0. The summed E-state index contributed by atoms with van der Waals surface area (Å²) in [7, 11) is 0. The molecule has 1 saturated heterocycles. The van der Waals surface area contributed by atoms with Crippen molar-refractivity contribution >= 4 is 23.2 Å². The number of carbonyl (C=O) groups is 1. The second kappa shape index (κ2) is 10.5. The summed E-state index contributed by atoms with van der Waals surface area (Å²) in [5.74, 6) is 0.391. The highest BCUT2D eigenvalue weighted by Crippen LogP contribution is 2.42. The Kier molecular flexibility index (Phi) is 6.58. The van der Waals surface area contributed by atoms with Crippen molar-refractivity contribution in [2.75, 3.05) is 31.6 Å². The van der Waals surface area contributed by atoms with Crippen molar-refractivity contribution in [2.45, 2.75) is 44.7 Å². The van der Waals surface area contributed by atoms with Crippen LogP contribution in [0, 0.1) is 5.82 Å². The number of hydrogen-bond donors (Lipinski definition) is 2. The number of fused-ring (bicyclic) bond motifs is 3. The number of allylic oxidation sites excluding steroid dienone is 1. The van der Waals surface area contributed by atoms with E-state index in [2.05, 4.69) is 45.0 Å². The standard InChI is InChI=1S/C30H31FN8O2/c1-18(34-30(40)38-8-10-41-11-9-38)26-17-33-39-28(26)36-27(21-13-22(31)16-32-15-21)37-29(39)35-23-7-6-20-12-19-4-2-3-5-24(19)25(20)14-23/h2-5,13,15-18,23H,6-12,14H2,1H3,(H,34,40)(H,35,36,37)/t18-,23-/m1/s1. The molecule has 2 atom stereocenters. The van der Waals surface area contributed by atoms with Crippen molar-refractivity contribution in [1.29, 1.82) is 0 Å². The maximum Gasteiger partial charge on any atom is 0.318 e. The van der Waals surface area contributed by atoms with E-state index < -0.39 is 5.82 Å². The third kappa shape index (κ3) is 4.90. The molecule has 0 radical (unpaired) electrons. The number of carbonyl (C=O) groups excluding carboxylic acids is 1. The van der Waals surface area contributed by atoms with Gasteiger partial charge in [0.25, 0.3) is 0 Å². The third-order valence-electron chi connectivity index (χ3n) is 8.21. The number of hydrogen-bond acceptors (Lipinski definition) is 7. The fourth-order valence-electron chi connectivity index (χ4n) is 6.07.